The summed E-state index contributed by atoms with van der Waals surface area (Å²) in [4.78, 5) is 0.118. The van der Waals surface area contributed by atoms with Crippen LogP contribution in [0.15, 0.2) is 58.0 Å². The summed E-state index contributed by atoms with van der Waals surface area (Å²) in [6.07, 6.45) is 1.03. The van der Waals surface area contributed by atoms with Crippen molar-refractivity contribution in [1.82, 2.24) is 0 Å². The second kappa shape index (κ2) is 6.09. The molecule has 6 nitrogen and oxygen atoms in total. The monoisotopic (exact) mass is 360 g/mol. The molecule has 0 unspecified atom stereocenters. The van der Waals surface area contributed by atoms with Crippen LogP contribution in [0.4, 0.5) is 0 Å². The summed E-state index contributed by atoms with van der Waals surface area (Å²) in [5, 5.41) is 0.781. The zero-order chi connectivity index (χ0) is 17.4. The van der Waals surface area contributed by atoms with Crippen molar-refractivity contribution in [1.29, 1.82) is 0 Å². The van der Waals surface area contributed by atoms with Crippen LogP contribution in [0.5, 0.6) is 11.5 Å². The van der Waals surface area contributed by atoms with Crippen molar-refractivity contribution in [3.63, 3.8) is 0 Å². The molecule has 0 radical (unpaired) electrons. The van der Waals surface area contributed by atoms with Crippen LogP contribution in [-0.2, 0) is 14.3 Å². The van der Waals surface area contributed by atoms with Gasteiger partial charge in [-0.2, -0.15) is 8.42 Å². The molecule has 0 N–H and O–H groups in total. The van der Waals surface area contributed by atoms with Gasteiger partial charge in [0.2, 0.25) is 0 Å². The molecule has 0 amide bonds. The van der Waals surface area contributed by atoms with E-state index in [1.165, 1.54) is 12.1 Å². The molecule has 3 aromatic rings. The first-order valence-corrected chi connectivity index (χ1v) is 9.19. The third-order valence-corrected chi connectivity index (χ3v) is 5.27. The molecule has 1 atom stereocenters. The summed E-state index contributed by atoms with van der Waals surface area (Å²) in [5.41, 5.74) is 1.65. The van der Waals surface area contributed by atoms with Gasteiger partial charge < -0.3 is 13.9 Å². The van der Waals surface area contributed by atoms with Gasteiger partial charge in [0.15, 0.2) is 17.6 Å². The number of fused-ring (bicyclic) bond motifs is 3. The van der Waals surface area contributed by atoms with Gasteiger partial charge in [0.05, 0.1) is 16.5 Å². The predicted molar refractivity (Wildman–Crippen MR) is 90.4 cm³/mol. The first kappa shape index (κ1) is 16.0. The molecule has 1 aliphatic rings. The van der Waals surface area contributed by atoms with Crippen LogP contribution in [-0.4, -0.2) is 27.7 Å². The van der Waals surface area contributed by atoms with Gasteiger partial charge in [0.1, 0.15) is 18.8 Å². The fourth-order valence-electron chi connectivity index (χ4n) is 2.64. The zero-order valence-electron chi connectivity index (χ0n) is 13.5. The van der Waals surface area contributed by atoms with Gasteiger partial charge in [-0.25, -0.2) is 0 Å². The molecule has 4 rings (SSSR count). The summed E-state index contributed by atoms with van der Waals surface area (Å²) in [6, 6.07) is 11.8. The van der Waals surface area contributed by atoms with E-state index in [0.29, 0.717) is 17.1 Å². The average molecular weight is 360 g/mol. The number of hydrogen-bond donors (Lipinski definition) is 0. The summed E-state index contributed by atoms with van der Waals surface area (Å²) in [5.74, 6) is 1.14. The van der Waals surface area contributed by atoms with Crippen molar-refractivity contribution >= 4 is 21.1 Å². The Labute approximate surface area is 145 Å². The Morgan fingerprint density at radius 3 is 2.72 bits per heavy atom. The average Bonchev–Trinajstić information content (AvgIpc) is 3.09. The highest BCUT2D eigenvalue weighted by molar-refractivity contribution is 7.86. The molecular formula is C18H16O6S. The number of furan rings is 1. The third-order valence-electron chi connectivity index (χ3n) is 3.98. The summed E-state index contributed by atoms with van der Waals surface area (Å²) < 4.78 is 46.6. The molecule has 7 heteroatoms. The Balaban J connectivity index is 1.49. The molecule has 1 aliphatic heterocycles. The maximum absolute atomic E-state index is 12.3. The van der Waals surface area contributed by atoms with E-state index in [1.54, 1.807) is 36.6 Å². The molecule has 0 aliphatic carbocycles. The van der Waals surface area contributed by atoms with E-state index in [1.807, 2.05) is 6.92 Å². The first-order chi connectivity index (χ1) is 12.0. The summed E-state index contributed by atoms with van der Waals surface area (Å²) in [6.45, 7) is 1.96. The van der Waals surface area contributed by atoms with E-state index in [-0.39, 0.29) is 18.1 Å². The van der Waals surface area contributed by atoms with E-state index in [2.05, 4.69) is 0 Å². The summed E-state index contributed by atoms with van der Waals surface area (Å²) in [7, 11) is -3.84. The van der Waals surface area contributed by atoms with Crippen LogP contribution in [0.1, 0.15) is 5.56 Å². The van der Waals surface area contributed by atoms with Crippen molar-refractivity contribution in [2.45, 2.75) is 17.9 Å². The molecule has 0 bridgehead atoms. The van der Waals surface area contributed by atoms with E-state index >= 15 is 0 Å². The lowest BCUT2D eigenvalue weighted by atomic mass is 10.2. The van der Waals surface area contributed by atoms with Gasteiger partial charge in [-0.3, -0.25) is 4.18 Å². The van der Waals surface area contributed by atoms with E-state index in [4.69, 9.17) is 18.1 Å². The fraction of sp³-hybridized carbons (Fsp3) is 0.222. The summed E-state index contributed by atoms with van der Waals surface area (Å²) >= 11 is 0. The molecule has 2 aromatic carbocycles. The van der Waals surface area contributed by atoms with Gasteiger partial charge in [-0.15, -0.1) is 0 Å². The number of aryl methyl sites for hydroxylation is 1. The minimum atomic E-state index is -3.84. The SMILES string of the molecule is Cc1ccc(S(=O)(=O)OC[C@@H]2COc3ccc4occc4c3O2)cc1. The molecule has 130 valence electrons. The van der Waals surface area contributed by atoms with Crippen molar-refractivity contribution in [2.24, 2.45) is 0 Å². The molecule has 1 aromatic heterocycles. The first-order valence-electron chi connectivity index (χ1n) is 7.79. The van der Waals surface area contributed by atoms with Gasteiger partial charge >= 0.3 is 0 Å². The van der Waals surface area contributed by atoms with Crippen LogP contribution in [0.2, 0.25) is 0 Å². The maximum Gasteiger partial charge on any atom is 0.297 e. The topological polar surface area (TPSA) is 75.0 Å². The maximum atomic E-state index is 12.3. The van der Waals surface area contributed by atoms with Crippen molar-refractivity contribution in [2.75, 3.05) is 13.2 Å². The number of benzene rings is 2. The van der Waals surface area contributed by atoms with Gasteiger partial charge in [-0.05, 0) is 37.3 Å². The second-order valence-corrected chi connectivity index (χ2v) is 7.44. The Morgan fingerprint density at radius 2 is 1.92 bits per heavy atom. The molecule has 2 heterocycles. The minimum Gasteiger partial charge on any atom is -0.486 e. The predicted octanol–water partition coefficient (Wildman–Crippen LogP) is 3.29. The highest BCUT2D eigenvalue weighted by Crippen LogP contribution is 2.39. The lowest BCUT2D eigenvalue weighted by molar-refractivity contribution is 0.0571. The van der Waals surface area contributed by atoms with Gasteiger partial charge in [0.25, 0.3) is 10.1 Å². The van der Waals surface area contributed by atoms with Crippen molar-refractivity contribution in [3.05, 3.63) is 54.3 Å². The van der Waals surface area contributed by atoms with Crippen LogP contribution in [0, 0.1) is 6.92 Å². The van der Waals surface area contributed by atoms with Crippen LogP contribution < -0.4 is 9.47 Å². The molecule has 25 heavy (non-hydrogen) atoms. The molecular weight excluding hydrogens is 344 g/mol. The number of ether oxygens (including phenoxy) is 2. The lowest BCUT2D eigenvalue weighted by Gasteiger charge is -2.26. The van der Waals surface area contributed by atoms with E-state index in [9.17, 15) is 8.42 Å². The Hall–Kier alpha value is -2.51. The highest BCUT2D eigenvalue weighted by atomic mass is 32.2. The second-order valence-electron chi connectivity index (χ2n) is 5.83. The highest BCUT2D eigenvalue weighted by Gasteiger charge is 2.26. The largest absolute Gasteiger partial charge is 0.486 e. The molecule has 0 saturated heterocycles. The number of rotatable bonds is 4. The van der Waals surface area contributed by atoms with Crippen molar-refractivity contribution in [3.8, 4) is 11.5 Å². The van der Waals surface area contributed by atoms with E-state index < -0.39 is 16.2 Å². The van der Waals surface area contributed by atoms with Crippen LogP contribution >= 0.6 is 0 Å². The van der Waals surface area contributed by atoms with Gasteiger partial charge in [-0.1, -0.05) is 17.7 Å². The van der Waals surface area contributed by atoms with Gasteiger partial charge in [0, 0.05) is 0 Å². The molecule has 0 fully saturated rings. The van der Waals surface area contributed by atoms with Crippen LogP contribution in [0.3, 0.4) is 0 Å². The number of hydrogen-bond acceptors (Lipinski definition) is 6. The molecule has 0 saturated carbocycles. The lowest BCUT2D eigenvalue weighted by Crippen LogP contribution is -2.34. The fourth-order valence-corrected chi connectivity index (χ4v) is 3.57. The normalized spacial score (nSPS) is 16.9. The zero-order valence-corrected chi connectivity index (χ0v) is 14.3. The van der Waals surface area contributed by atoms with Crippen LogP contribution in [0.25, 0.3) is 11.0 Å². The standard InChI is InChI=1S/C18H16O6S/c1-12-2-4-14(5-3-12)25(19,20)23-11-13-10-22-17-7-6-16-15(8-9-21-16)18(17)24-13/h2-9,13H,10-11H2,1H3/t13-/m0/s1. The smallest absolute Gasteiger partial charge is 0.297 e. The third kappa shape index (κ3) is 3.08. The Morgan fingerprint density at radius 1 is 1.12 bits per heavy atom. The Bertz CT molecular complexity index is 1000. The van der Waals surface area contributed by atoms with Crippen molar-refractivity contribution < 1.29 is 26.5 Å². The Kier molecular flexibility index (Phi) is 3.89. The molecule has 0 spiro atoms. The van der Waals surface area contributed by atoms with E-state index in [0.717, 1.165) is 10.9 Å². The quantitative estimate of drug-likeness (QED) is 0.665. The minimum absolute atomic E-state index is 0.118.